The number of hydrogen-bond acceptors (Lipinski definition) is 3. The lowest BCUT2D eigenvalue weighted by molar-refractivity contribution is -0.158. The van der Waals surface area contributed by atoms with Crippen LogP contribution in [0.4, 0.5) is 13.2 Å². The van der Waals surface area contributed by atoms with E-state index in [-0.39, 0.29) is 19.5 Å². The highest BCUT2D eigenvalue weighted by Gasteiger charge is 2.44. The van der Waals surface area contributed by atoms with Crippen LogP contribution < -0.4 is 0 Å². The van der Waals surface area contributed by atoms with E-state index in [0.717, 1.165) is 0 Å². The molecule has 2 heterocycles. The first kappa shape index (κ1) is 17.6. The molecule has 0 aromatic carbocycles. The number of piperidine rings is 1. The Kier molecular flexibility index (Phi) is 4.59. The van der Waals surface area contributed by atoms with Crippen LogP contribution in [0.2, 0.25) is 0 Å². The van der Waals surface area contributed by atoms with Crippen molar-refractivity contribution in [1.29, 1.82) is 0 Å². The van der Waals surface area contributed by atoms with Gasteiger partial charge < -0.3 is 14.9 Å². The summed E-state index contributed by atoms with van der Waals surface area (Å²) in [7, 11) is 0. The number of likely N-dealkylation sites (tertiary alicyclic amines) is 2. The van der Waals surface area contributed by atoms with Crippen LogP contribution in [0, 0.1) is 11.3 Å². The van der Waals surface area contributed by atoms with Gasteiger partial charge in [-0.3, -0.25) is 14.4 Å². The number of aliphatic carboxylic acids is 1. The lowest BCUT2D eigenvalue weighted by Crippen LogP contribution is -2.50. The monoisotopic (exact) mass is 336 g/mol. The molecule has 1 N–H and O–H groups in total. The fraction of sp³-hybridized carbons (Fsp3) is 0.786. The molecule has 2 rings (SSSR count). The van der Waals surface area contributed by atoms with Crippen molar-refractivity contribution in [1.82, 2.24) is 9.80 Å². The summed E-state index contributed by atoms with van der Waals surface area (Å²) in [6, 6.07) is 0. The summed E-state index contributed by atoms with van der Waals surface area (Å²) < 4.78 is 37.2. The minimum Gasteiger partial charge on any atom is -0.481 e. The van der Waals surface area contributed by atoms with Gasteiger partial charge in [-0.05, 0) is 19.8 Å². The van der Waals surface area contributed by atoms with Crippen LogP contribution in [0.3, 0.4) is 0 Å². The van der Waals surface area contributed by atoms with Gasteiger partial charge in [-0.15, -0.1) is 0 Å². The molecule has 2 unspecified atom stereocenters. The van der Waals surface area contributed by atoms with E-state index in [2.05, 4.69) is 0 Å². The highest BCUT2D eigenvalue weighted by atomic mass is 19.4. The molecule has 6 nitrogen and oxygen atoms in total. The standard InChI is InChI=1S/C14H19F3N2O4/c1-13(12(22)23)3-2-4-18(7-13)11(21)9-5-10(20)19(6-9)8-14(15,16)17/h9H,2-8H2,1H3,(H,22,23). The SMILES string of the molecule is CC1(C(=O)O)CCCN(C(=O)C2CC(=O)N(CC(F)(F)F)C2)C1. The average molecular weight is 336 g/mol. The predicted octanol–water partition coefficient (Wildman–Crippen LogP) is 1.11. The molecule has 23 heavy (non-hydrogen) atoms. The third-order valence-corrected chi connectivity index (χ3v) is 4.46. The van der Waals surface area contributed by atoms with Gasteiger partial charge in [0.05, 0.1) is 11.3 Å². The average Bonchev–Trinajstić information content (AvgIpc) is 2.77. The summed E-state index contributed by atoms with van der Waals surface area (Å²) in [6.45, 7) is 0.307. The molecule has 0 aliphatic carbocycles. The van der Waals surface area contributed by atoms with Gasteiger partial charge in [0.15, 0.2) is 0 Å². The fourth-order valence-electron chi connectivity index (χ4n) is 3.17. The number of nitrogens with zero attached hydrogens (tertiary/aromatic N) is 2. The number of rotatable bonds is 3. The number of hydrogen-bond donors (Lipinski definition) is 1. The maximum atomic E-state index is 12.4. The second kappa shape index (κ2) is 6.01. The molecule has 2 saturated heterocycles. The van der Waals surface area contributed by atoms with Crippen molar-refractivity contribution in [2.45, 2.75) is 32.4 Å². The van der Waals surface area contributed by atoms with Crippen LogP contribution in [0.15, 0.2) is 0 Å². The van der Waals surface area contributed by atoms with Crippen LogP contribution in [0.1, 0.15) is 26.2 Å². The third-order valence-electron chi connectivity index (χ3n) is 4.46. The molecule has 2 aliphatic rings. The molecular formula is C14H19F3N2O4. The lowest BCUT2D eigenvalue weighted by Gasteiger charge is -2.38. The number of carbonyl (C=O) groups is 3. The molecule has 0 bridgehead atoms. The molecule has 9 heteroatoms. The smallest absolute Gasteiger partial charge is 0.406 e. The van der Waals surface area contributed by atoms with Crippen LogP contribution in [-0.4, -0.2) is 65.0 Å². The zero-order valence-electron chi connectivity index (χ0n) is 12.7. The summed E-state index contributed by atoms with van der Waals surface area (Å²) in [5.41, 5.74) is -1.05. The van der Waals surface area contributed by atoms with Crippen LogP contribution in [0.25, 0.3) is 0 Å². The first-order valence-corrected chi connectivity index (χ1v) is 7.38. The summed E-state index contributed by atoms with van der Waals surface area (Å²) in [5.74, 6) is -2.97. The second-order valence-electron chi connectivity index (χ2n) is 6.52. The van der Waals surface area contributed by atoms with Gasteiger partial charge in [-0.25, -0.2) is 0 Å². The topological polar surface area (TPSA) is 77.9 Å². The van der Waals surface area contributed by atoms with Crippen molar-refractivity contribution < 1.29 is 32.7 Å². The Hall–Kier alpha value is -1.80. The van der Waals surface area contributed by atoms with Crippen molar-refractivity contribution in [3.63, 3.8) is 0 Å². The van der Waals surface area contributed by atoms with E-state index in [1.807, 2.05) is 0 Å². The van der Waals surface area contributed by atoms with Crippen molar-refractivity contribution in [3.05, 3.63) is 0 Å². The maximum Gasteiger partial charge on any atom is 0.406 e. The largest absolute Gasteiger partial charge is 0.481 e. The van der Waals surface area contributed by atoms with Gasteiger partial charge >= 0.3 is 12.1 Å². The molecule has 0 saturated carbocycles. The third kappa shape index (κ3) is 3.94. The molecule has 0 aromatic rings. The van der Waals surface area contributed by atoms with Crippen molar-refractivity contribution in [3.8, 4) is 0 Å². The van der Waals surface area contributed by atoms with E-state index < -0.39 is 41.8 Å². The normalized spacial score (nSPS) is 29.0. The summed E-state index contributed by atoms with van der Waals surface area (Å²) in [4.78, 5) is 37.4. The van der Waals surface area contributed by atoms with E-state index in [9.17, 15) is 32.7 Å². The molecule has 2 amide bonds. The van der Waals surface area contributed by atoms with E-state index in [1.54, 1.807) is 6.92 Å². The van der Waals surface area contributed by atoms with Gasteiger partial charge in [0, 0.05) is 26.1 Å². The highest BCUT2D eigenvalue weighted by Crippen LogP contribution is 2.32. The maximum absolute atomic E-state index is 12.4. The molecule has 0 aromatic heterocycles. The van der Waals surface area contributed by atoms with Gasteiger partial charge in [0.25, 0.3) is 0 Å². The first-order chi connectivity index (χ1) is 10.5. The molecule has 2 aliphatic heterocycles. The Balaban J connectivity index is 2.01. The quantitative estimate of drug-likeness (QED) is 0.837. The van der Waals surface area contributed by atoms with E-state index in [0.29, 0.717) is 24.3 Å². The first-order valence-electron chi connectivity index (χ1n) is 7.38. The zero-order valence-corrected chi connectivity index (χ0v) is 12.7. The van der Waals surface area contributed by atoms with Gasteiger partial charge in [-0.1, -0.05) is 0 Å². The van der Waals surface area contributed by atoms with Crippen LogP contribution in [0.5, 0.6) is 0 Å². The number of carboxylic acids is 1. The molecular weight excluding hydrogens is 317 g/mol. The molecule has 0 radical (unpaired) electrons. The van der Waals surface area contributed by atoms with Crippen LogP contribution >= 0.6 is 0 Å². The van der Waals surface area contributed by atoms with E-state index in [4.69, 9.17) is 0 Å². The van der Waals surface area contributed by atoms with Crippen LogP contribution in [-0.2, 0) is 14.4 Å². The second-order valence-corrected chi connectivity index (χ2v) is 6.52. The van der Waals surface area contributed by atoms with E-state index in [1.165, 1.54) is 4.90 Å². The lowest BCUT2D eigenvalue weighted by atomic mass is 9.81. The van der Waals surface area contributed by atoms with Crippen molar-refractivity contribution in [2.24, 2.45) is 11.3 Å². The van der Waals surface area contributed by atoms with E-state index >= 15 is 0 Å². The Morgan fingerprint density at radius 1 is 1.39 bits per heavy atom. The number of carboxylic acid groups (broad SMARTS) is 1. The summed E-state index contributed by atoms with van der Waals surface area (Å²) in [6.07, 6.45) is -3.80. The number of amides is 2. The fourth-order valence-corrected chi connectivity index (χ4v) is 3.17. The zero-order chi connectivity index (χ0) is 17.4. The number of halogens is 3. The van der Waals surface area contributed by atoms with Crippen molar-refractivity contribution in [2.75, 3.05) is 26.2 Å². The van der Waals surface area contributed by atoms with Crippen molar-refractivity contribution >= 4 is 17.8 Å². The minimum absolute atomic E-state index is 0.0190. The molecule has 130 valence electrons. The number of alkyl halides is 3. The van der Waals surface area contributed by atoms with Gasteiger partial charge in [-0.2, -0.15) is 13.2 Å². The predicted molar refractivity (Wildman–Crippen MR) is 72.3 cm³/mol. The Labute approximate surface area is 131 Å². The molecule has 2 fully saturated rings. The number of carbonyl (C=O) groups excluding carboxylic acids is 2. The Morgan fingerprint density at radius 3 is 2.61 bits per heavy atom. The minimum atomic E-state index is -4.50. The Bertz CT molecular complexity index is 523. The summed E-state index contributed by atoms with van der Waals surface area (Å²) >= 11 is 0. The highest BCUT2D eigenvalue weighted by molar-refractivity contribution is 5.89. The molecule has 2 atom stereocenters. The Morgan fingerprint density at radius 2 is 2.04 bits per heavy atom. The summed E-state index contributed by atoms with van der Waals surface area (Å²) in [5, 5.41) is 9.25. The van der Waals surface area contributed by atoms with Gasteiger partial charge in [0.2, 0.25) is 11.8 Å². The van der Waals surface area contributed by atoms with Gasteiger partial charge in [0.1, 0.15) is 6.54 Å². The molecule has 0 spiro atoms.